The van der Waals surface area contributed by atoms with Gasteiger partial charge in [0.25, 0.3) is 5.60 Å². The van der Waals surface area contributed by atoms with E-state index in [1.165, 1.54) is 21.7 Å². The Bertz CT molecular complexity index is 1530. The van der Waals surface area contributed by atoms with Gasteiger partial charge in [-0.2, -0.15) is 18.3 Å². The molecule has 4 heterocycles. The number of fused-ring (bicyclic) bond motifs is 2. The molecular formula is C25H16Cl2F4N4O4. The van der Waals surface area contributed by atoms with Crippen molar-refractivity contribution in [1.82, 2.24) is 14.7 Å². The lowest BCUT2D eigenvalue weighted by molar-refractivity contribution is -0.275. The van der Waals surface area contributed by atoms with E-state index < -0.39 is 51.2 Å². The maximum atomic E-state index is 14.3. The summed E-state index contributed by atoms with van der Waals surface area (Å²) in [6.07, 6.45) is -2.54. The van der Waals surface area contributed by atoms with Crippen LogP contribution in [0.15, 0.2) is 53.9 Å². The first-order chi connectivity index (χ1) is 18.4. The van der Waals surface area contributed by atoms with E-state index in [4.69, 9.17) is 32.8 Å². The number of carbonyl (C=O) groups excluding carboxylic acids is 2. The zero-order valence-electron chi connectivity index (χ0n) is 19.6. The van der Waals surface area contributed by atoms with E-state index >= 15 is 0 Å². The first-order valence-corrected chi connectivity index (χ1v) is 12.3. The molecule has 1 fully saturated rings. The summed E-state index contributed by atoms with van der Waals surface area (Å²) in [5.41, 5.74) is -3.71. The lowest BCUT2D eigenvalue weighted by Gasteiger charge is -2.46. The summed E-state index contributed by atoms with van der Waals surface area (Å²) in [4.78, 5) is 31.8. The predicted molar refractivity (Wildman–Crippen MR) is 129 cm³/mol. The van der Waals surface area contributed by atoms with Crippen LogP contribution in [-0.4, -0.2) is 51.5 Å². The van der Waals surface area contributed by atoms with E-state index in [0.29, 0.717) is 5.56 Å². The normalized spacial score (nSPS) is 21.3. The van der Waals surface area contributed by atoms with Crippen LogP contribution < -0.4 is 0 Å². The Morgan fingerprint density at radius 1 is 1.13 bits per heavy atom. The minimum absolute atomic E-state index is 0.0358. The van der Waals surface area contributed by atoms with Gasteiger partial charge in [0.2, 0.25) is 5.91 Å². The molecule has 0 bridgehead atoms. The first kappa shape index (κ1) is 25.6. The van der Waals surface area contributed by atoms with Crippen molar-refractivity contribution in [3.8, 4) is 0 Å². The first-order valence-electron chi connectivity index (χ1n) is 11.5. The fourth-order valence-corrected chi connectivity index (χ4v) is 5.53. The largest absolute Gasteiger partial charge is 0.447 e. The molecule has 0 radical (unpaired) electrons. The van der Waals surface area contributed by atoms with Crippen molar-refractivity contribution in [2.45, 2.75) is 30.3 Å². The Balaban J connectivity index is 1.25. The van der Waals surface area contributed by atoms with Crippen molar-refractivity contribution < 1.29 is 36.7 Å². The van der Waals surface area contributed by atoms with E-state index in [2.05, 4.69) is 10.3 Å². The van der Waals surface area contributed by atoms with E-state index in [9.17, 15) is 27.2 Å². The molecule has 1 saturated heterocycles. The molecule has 0 saturated carbocycles. The van der Waals surface area contributed by atoms with Crippen LogP contribution >= 0.6 is 23.2 Å². The number of esters is 1. The van der Waals surface area contributed by atoms with Crippen molar-refractivity contribution >= 4 is 40.8 Å². The third-order valence-corrected chi connectivity index (χ3v) is 7.64. The summed E-state index contributed by atoms with van der Waals surface area (Å²) < 4.78 is 64.0. The topological polar surface area (TPSA) is 86.0 Å². The van der Waals surface area contributed by atoms with Crippen LogP contribution in [0.25, 0.3) is 0 Å². The molecule has 2 aromatic carbocycles. The molecule has 202 valence electrons. The number of rotatable bonds is 4. The second-order valence-corrected chi connectivity index (χ2v) is 10.3. The summed E-state index contributed by atoms with van der Waals surface area (Å²) in [5.74, 6) is -1.92. The number of aromatic nitrogens is 2. The molecule has 3 aliphatic rings. The fourth-order valence-electron chi connectivity index (χ4n) is 5.04. The van der Waals surface area contributed by atoms with Gasteiger partial charge in [-0.15, -0.1) is 0 Å². The smallest absolute Gasteiger partial charge is 0.435 e. The number of hydrogen-bond acceptors (Lipinski definition) is 6. The Labute approximate surface area is 227 Å². The average Bonchev–Trinajstić information content (AvgIpc) is 3.59. The van der Waals surface area contributed by atoms with Gasteiger partial charge in [0.15, 0.2) is 11.4 Å². The molecule has 0 aliphatic carbocycles. The van der Waals surface area contributed by atoms with E-state index in [-0.39, 0.29) is 42.4 Å². The third kappa shape index (κ3) is 3.96. The average molecular weight is 583 g/mol. The van der Waals surface area contributed by atoms with Crippen molar-refractivity contribution in [3.63, 3.8) is 0 Å². The molecule has 0 N–H and O–H groups in total. The third-order valence-electron chi connectivity index (χ3n) is 7.09. The van der Waals surface area contributed by atoms with Gasteiger partial charge >= 0.3 is 12.1 Å². The number of likely N-dealkylation sites (tertiary alicyclic amines) is 1. The van der Waals surface area contributed by atoms with Gasteiger partial charge in [-0.25, -0.2) is 9.18 Å². The summed E-state index contributed by atoms with van der Waals surface area (Å²) in [5, 5.41) is 6.49. The SMILES string of the molecule is O=C1OC2(CN(C(=O)Cn3cccn3)C2)c2ccc(C3=NOC(c4cc(Cl)c(F)c(Cl)c4)(C(F)(F)F)C3)cc21. The minimum Gasteiger partial charge on any atom is -0.447 e. The van der Waals surface area contributed by atoms with Crippen LogP contribution in [0.4, 0.5) is 17.6 Å². The number of benzene rings is 2. The molecule has 1 amide bonds. The Morgan fingerprint density at radius 3 is 2.49 bits per heavy atom. The maximum Gasteiger partial charge on any atom is 0.435 e. The molecule has 14 heteroatoms. The van der Waals surface area contributed by atoms with Crippen LogP contribution in [0.5, 0.6) is 0 Å². The Hall–Kier alpha value is -3.64. The zero-order valence-corrected chi connectivity index (χ0v) is 21.1. The molecule has 3 aromatic rings. The van der Waals surface area contributed by atoms with Gasteiger partial charge in [0.05, 0.1) is 34.4 Å². The van der Waals surface area contributed by atoms with E-state index in [1.54, 1.807) is 24.5 Å². The van der Waals surface area contributed by atoms with Crippen molar-refractivity contribution in [2.24, 2.45) is 5.16 Å². The number of hydrogen-bond donors (Lipinski definition) is 0. The summed E-state index contributed by atoms with van der Waals surface area (Å²) in [6, 6.07) is 7.77. The molecule has 1 atom stereocenters. The van der Waals surface area contributed by atoms with E-state index in [1.807, 2.05) is 0 Å². The molecule has 1 spiro atoms. The highest BCUT2D eigenvalue weighted by molar-refractivity contribution is 6.35. The number of alkyl halides is 3. The fraction of sp³-hybridized carbons (Fsp3) is 0.280. The minimum atomic E-state index is -4.97. The lowest BCUT2D eigenvalue weighted by Crippen LogP contribution is -2.62. The standard InChI is InChI=1S/C25H16Cl2F4N4O4/c26-17-7-14(8-18(27)21(17)28)24(25(29,30)31)9-19(33-39-24)13-2-3-16-15(6-13)22(37)38-23(16)11-34(12-23)20(36)10-35-5-1-4-32-35/h1-8H,9-12H2. The predicted octanol–water partition coefficient (Wildman–Crippen LogP) is 4.82. The molecule has 3 aliphatic heterocycles. The van der Waals surface area contributed by atoms with Crippen LogP contribution in [0.1, 0.15) is 33.5 Å². The summed E-state index contributed by atoms with van der Waals surface area (Å²) >= 11 is 11.5. The quantitative estimate of drug-likeness (QED) is 0.250. The van der Waals surface area contributed by atoms with Gasteiger partial charge in [0, 0.05) is 35.5 Å². The maximum absolute atomic E-state index is 14.3. The second-order valence-electron chi connectivity index (χ2n) is 9.48. The highest BCUT2D eigenvalue weighted by atomic mass is 35.5. The number of oxime groups is 1. The van der Waals surface area contributed by atoms with E-state index in [0.717, 1.165) is 12.1 Å². The highest BCUT2D eigenvalue weighted by Crippen LogP contribution is 2.50. The Morgan fingerprint density at radius 2 is 1.85 bits per heavy atom. The molecular weight excluding hydrogens is 567 g/mol. The number of carbonyl (C=O) groups is 2. The van der Waals surface area contributed by atoms with Gasteiger partial charge in [-0.3, -0.25) is 9.48 Å². The van der Waals surface area contributed by atoms with Crippen molar-refractivity contribution in [1.29, 1.82) is 0 Å². The van der Waals surface area contributed by atoms with Crippen LogP contribution in [0.3, 0.4) is 0 Å². The second kappa shape index (κ2) is 8.68. The van der Waals surface area contributed by atoms with Gasteiger partial charge < -0.3 is 14.5 Å². The van der Waals surface area contributed by atoms with Gasteiger partial charge in [-0.05, 0) is 24.3 Å². The summed E-state index contributed by atoms with van der Waals surface area (Å²) in [6.45, 7) is 0.311. The number of nitrogens with zero attached hydrogens (tertiary/aromatic N) is 4. The molecule has 1 aromatic heterocycles. The number of halogens is 6. The number of amides is 1. The van der Waals surface area contributed by atoms with Crippen LogP contribution in [0.2, 0.25) is 10.0 Å². The zero-order chi connectivity index (χ0) is 27.7. The van der Waals surface area contributed by atoms with Crippen LogP contribution in [0, 0.1) is 5.82 Å². The lowest BCUT2D eigenvalue weighted by atomic mass is 9.83. The van der Waals surface area contributed by atoms with Gasteiger partial charge in [0.1, 0.15) is 6.54 Å². The van der Waals surface area contributed by atoms with Crippen molar-refractivity contribution in [3.05, 3.63) is 86.9 Å². The van der Waals surface area contributed by atoms with Gasteiger partial charge in [-0.1, -0.05) is 40.5 Å². The molecule has 6 rings (SSSR count). The summed E-state index contributed by atoms with van der Waals surface area (Å²) in [7, 11) is 0. The molecule has 8 nitrogen and oxygen atoms in total. The monoisotopic (exact) mass is 582 g/mol. The van der Waals surface area contributed by atoms with Crippen molar-refractivity contribution in [2.75, 3.05) is 13.1 Å². The Kier molecular flexibility index (Phi) is 5.71. The highest BCUT2D eigenvalue weighted by Gasteiger charge is 2.63. The molecule has 39 heavy (non-hydrogen) atoms. The molecule has 1 unspecified atom stereocenters. The number of ether oxygens (including phenoxy) is 1. The van der Waals surface area contributed by atoms with Crippen LogP contribution in [-0.2, 0) is 32.1 Å².